The van der Waals surface area contributed by atoms with Crippen molar-refractivity contribution in [3.63, 3.8) is 0 Å². The van der Waals surface area contributed by atoms with Gasteiger partial charge in [-0.25, -0.2) is 9.97 Å². The van der Waals surface area contributed by atoms with Crippen molar-refractivity contribution in [2.24, 2.45) is 5.92 Å². The van der Waals surface area contributed by atoms with Gasteiger partial charge >= 0.3 is 0 Å². The molecule has 1 aliphatic heterocycles. The van der Waals surface area contributed by atoms with Crippen molar-refractivity contribution < 1.29 is 0 Å². The summed E-state index contributed by atoms with van der Waals surface area (Å²) in [6.45, 7) is 6.34. The minimum atomic E-state index is 0. The van der Waals surface area contributed by atoms with Crippen molar-refractivity contribution in [3.05, 3.63) is 17.5 Å². The lowest BCUT2D eigenvalue weighted by Gasteiger charge is -2.26. The lowest BCUT2D eigenvalue weighted by molar-refractivity contribution is 0.385. The molecule has 0 amide bonds. The van der Waals surface area contributed by atoms with Crippen LogP contribution in [0.15, 0.2) is 11.2 Å². The lowest BCUT2D eigenvalue weighted by atomic mass is 10.1. The Hall–Kier alpha value is -0.320. The summed E-state index contributed by atoms with van der Waals surface area (Å²) in [6.07, 6.45) is 0. The predicted molar refractivity (Wildman–Crippen MR) is 65.8 cm³/mol. The third-order valence-corrected chi connectivity index (χ3v) is 3.35. The Morgan fingerprint density at radius 2 is 1.93 bits per heavy atom. The van der Waals surface area contributed by atoms with E-state index >= 15 is 0 Å². The number of halogens is 1. The van der Waals surface area contributed by atoms with Gasteiger partial charge in [-0.05, 0) is 38.9 Å². The molecule has 0 unspecified atom stereocenters. The largest absolute Gasteiger partial charge is 0.316 e. The van der Waals surface area contributed by atoms with Crippen LogP contribution < -0.4 is 5.32 Å². The zero-order valence-corrected chi connectivity index (χ0v) is 10.6. The lowest BCUT2D eigenvalue weighted by Crippen LogP contribution is -2.43. The van der Waals surface area contributed by atoms with Crippen LogP contribution in [-0.2, 0) is 0 Å². The maximum absolute atomic E-state index is 4.40. The van der Waals surface area contributed by atoms with E-state index in [1.165, 1.54) is 0 Å². The number of aromatic nitrogens is 2. The van der Waals surface area contributed by atoms with Gasteiger partial charge in [-0.1, -0.05) is 11.8 Å². The van der Waals surface area contributed by atoms with Crippen LogP contribution in [0.1, 0.15) is 11.4 Å². The second kappa shape index (κ2) is 5.68. The first-order chi connectivity index (χ1) is 6.74. The van der Waals surface area contributed by atoms with Gasteiger partial charge in [-0.15, -0.1) is 12.4 Å². The van der Waals surface area contributed by atoms with Crippen LogP contribution >= 0.6 is 24.2 Å². The van der Waals surface area contributed by atoms with Gasteiger partial charge in [0.05, 0.1) is 0 Å². The van der Waals surface area contributed by atoms with Crippen LogP contribution in [0, 0.1) is 19.8 Å². The molecular weight excluding hydrogens is 230 g/mol. The van der Waals surface area contributed by atoms with E-state index in [0.29, 0.717) is 0 Å². The van der Waals surface area contributed by atoms with Crippen LogP contribution in [0.3, 0.4) is 0 Å². The molecule has 1 aromatic rings. The van der Waals surface area contributed by atoms with E-state index in [0.717, 1.165) is 41.3 Å². The Labute approximate surface area is 101 Å². The SMILES string of the molecule is Cc1cc(C)nc(SCC2CNC2)n1.Cl. The van der Waals surface area contributed by atoms with Gasteiger partial charge in [0.25, 0.3) is 0 Å². The molecular formula is C10H16ClN3S. The van der Waals surface area contributed by atoms with Crippen molar-refractivity contribution in [2.45, 2.75) is 19.0 Å². The molecule has 1 saturated heterocycles. The van der Waals surface area contributed by atoms with Crippen molar-refractivity contribution in [1.29, 1.82) is 0 Å². The zero-order valence-electron chi connectivity index (χ0n) is 8.99. The molecule has 5 heteroatoms. The quantitative estimate of drug-likeness (QED) is 0.651. The Bertz CT molecular complexity index is 308. The molecule has 0 spiro atoms. The van der Waals surface area contributed by atoms with Gasteiger partial charge in [0.2, 0.25) is 0 Å². The molecule has 0 bridgehead atoms. The minimum absolute atomic E-state index is 0. The smallest absolute Gasteiger partial charge is 0.187 e. The van der Waals surface area contributed by atoms with Crippen molar-refractivity contribution in [1.82, 2.24) is 15.3 Å². The second-order valence-corrected chi connectivity index (χ2v) is 4.76. The first-order valence-corrected chi connectivity index (χ1v) is 5.88. The van der Waals surface area contributed by atoms with Crippen LogP contribution in [0.5, 0.6) is 0 Å². The van der Waals surface area contributed by atoms with Crippen LogP contribution in [-0.4, -0.2) is 28.8 Å². The molecule has 3 nitrogen and oxygen atoms in total. The number of thioether (sulfide) groups is 1. The van der Waals surface area contributed by atoms with E-state index in [1.54, 1.807) is 11.8 Å². The van der Waals surface area contributed by atoms with E-state index < -0.39 is 0 Å². The van der Waals surface area contributed by atoms with Gasteiger partial charge in [0.15, 0.2) is 5.16 Å². The van der Waals surface area contributed by atoms with Crippen LogP contribution in [0.4, 0.5) is 0 Å². The van der Waals surface area contributed by atoms with Crippen molar-refractivity contribution >= 4 is 24.2 Å². The Balaban J connectivity index is 0.00000112. The van der Waals surface area contributed by atoms with E-state index in [-0.39, 0.29) is 12.4 Å². The second-order valence-electron chi connectivity index (χ2n) is 3.77. The van der Waals surface area contributed by atoms with Crippen LogP contribution in [0.2, 0.25) is 0 Å². The average molecular weight is 246 g/mol. The molecule has 2 heterocycles. The highest BCUT2D eigenvalue weighted by Gasteiger charge is 2.17. The molecule has 1 aliphatic rings. The van der Waals surface area contributed by atoms with Gasteiger partial charge in [0.1, 0.15) is 0 Å². The highest BCUT2D eigenvalue weighted by atomic mass is 35.5. The normalized spacial score (nSPS) is 15.6. The molecule has 0 radical (unpaired) electrons. The predicted octanol–water partition coefficient (Wildman–Crippen LogP) is 1.83. The van der Waals surface area contributed by atoms with E-state index in [4.69, 9.17) is 0 Å². The van der Waals surface area contributed by atoms with E-state index in [9.17, 15) is 0 Å². The zero-order chi connectivity index (χ0) is 9.97. The summed E-state index contributed by atoms with van der Waals surface area (Å²) in [5.41, 5.74) is 2.12. The third kappa shape index (κ3) is 3.63. The number of nitrogens with zero attached hydrogens (tertiary/aromatic N) is 2. The Kier molecular flexibility index (Phi) is 4.83. The number of hydrogen-bond donors (Lipinski definition) is 1. The number of nitrogens with one attached hydrogen (secondary N) is 1. The monoisotopic (exact) mass is 245 g/mol. The molecule has 2 rings (SSSR count). The maximum Gasteiger partial charge on any atom is 0.187 e. The van der Waals surface area contributed by atoms with Gasteiger partial charge < -0.3 is 5.32 Å². The van der Waals surface area contributed by atoms with E-state index in [1.807, 2.05) is 19.9 Å². The van der Waals surface area contributed by atoms with Gasteiger partial charge in [-0.2, -0.15) is 0 Å². The van der Waals surface area contributed by atoms with Gasteiger partial charge in [0, 0.05) is 17.1 Å². The van der Waals surface area contributed by atoms with Gasteiger partial charge in [-0.3, -0.25) is 0 Å². The van der Waals surface area contributed by atoms with Crippen molar-refractivity contribution in [2.75, 3.05) is 18.8 Å². The topological polar surface area (TPSA) is 37.8 Å². The first-order valence-electron chi connectivity index (χ1n) is 4.90. The van der Waals surface area contributed by atoms with Crippen LogP contribution in [0.25, 0.3) is 0 Å². The Morgan fingerprint density at radius 3 is 2.40 bits per heavy atom. The molecule has 84 valence electrons. The van der Waals surface area contributed by atoms with E-state index in [2.05, 4.69) is 15.3 Å². The molecule has 1 fully saturated rings. The molecule has 0 aromatic carbocycles. The highest BCUT2D eigenvalue weighted by molar-refractivity contribution is 7.99. The molecule has 1 aromatic heterocycles. The fourth-order valence-electron chi connectivity index (χ4n) is 1.42. The summed E-state index contributed by atoms with van der Waals surface area (Å²) < 4.78 is 0. The average Bonchev–Trinajstić information content (AvgIpc) is 1.99. The minimum Gasteiger partial charge on any atom is -0.316 e. The first kappa shape index (κ1) is 12.7. The maximum atomic E-state index is 4.40. The fourth-order valence-corrected chi connectivity index (χ4v) is 2.45. The molecule has 0 atom stereocenters. The molecule has 15 heavy (non-hydrogen) atoms. The molecule has 1 N–H and O–H groups in total. The summed E-state index contributed by atoms with van der Waals surface area (Å²) in [5.74, 6) is 1.94. The highest BCUT2D eigenvalue weighted by Crippen LogP contribution is 2.19. The summed E-state index contributed by atoms with van der Waals surface area (Å²) in [6, 6.07) is 2.01. The standard InChI is InChI=1S/C10H15N3S.ClH/c1-7-3-8(2)13-10(12-7)14-6-9-4-11-5-9;/h3,9,11H,4-6H2,1-2H3;1H. The third-order valence-electron chi connectivity index (χ3n) is 2.28. The molecule has 0 aliphatic carbocycles. The summed E-state index contributed by atoms with van der Waals surface area (Å²) >= 11 is 1.77. The fraction of sp³-hybridized carbons (Fsp3) is 0.600. The number of hydrogen-bond acceptors (Lipinski definition) is 4. The van der Waals surface area contributed by atoms with Crippen molar-refractivity contribution in [3.8, 4) is 0 Å². The summed E-state index contributed by atoms with van der Waals surface area (Å²) in [7, 11) is 0. The summed E-state index contributed by atoms with van der Waals surface area (Å²) in [5, 5.41) is 4.19. The molecule has 0 saturated carbocycles. The number of aryl methyl sites for hydroxylation is 2. The Morgan fingerprint density at radius 1 is 1.33 bits per heavy atom. The summed E-state index contributed by atoms with van der Waals surface area (Å²) in [4.78, 5) is 8.79. The number of rotatable bonds is 3.